The quantitative estimate of drug-likeness (QED) is 0.581. The molecule has 4 heteroatoms. The molecule has 0 radical (unpaired) electrons. The Labute approximate surface area is 130 Å². The van der Waals surface area contributed by atoms with E-state index in [0.717, 1.165) is 28.1 Å². The smallest absolute Gasteiger partial charge is 0.358 e. The summed E-state index contributed by atoms with van der Waals surface area (Å²) in [7, 11) is 0. The molecule has 1 aromatic heterocycles. The molecule has 0 aliphatic heterocycles. The summed E-state index contributed by atoms with van der Waals surface area (Å²) in [6.07, 6.45) is 7.84. The van der Waals surface area contributed by atoms with Gasteiger partial charge in [-0.15, -0.1) is 0 Å². The van der Waals surface area contributed by atoms with E-state index in [4.69, 9.17) is 0 Å². The molecule has 1 heterocycles. The molecule has 2 aromatic rings. The summed E-state index contributed by atoms with van der Waals surface area (Å²) in [5.74, 6) is 0. The third kappa shape index (κ3) is 4.18. The Hall–Kier alpha value is -1.65. The largest absolute Gasteiger partial charge is 0.358 e. The van der Waals surface area contributed by atoms with Crippen molar-refractivity contribution >= 4 is 21.3 Å². The standard InChI is InChI=1S/C15H15N3.CH3.Os/c1-4-5-6-11(2)17-13-7-8-14-15(9-13)18-12(3)10-16-14;;/h2,4-10,17H,1,3H3;1H3;/q;-1;/b5-4-,11-6+;;. The van der Waals surface area contributed by atoms with Crippen LogP contribution in [0.15, 0.2) is 48.3 Å². The van der Waals surface area contributed by atoms with Crippen LogP contribution in [0.4, 0.5) is 5.69 Å². The van der Waals surface area contributed by atoms with Gasteiger partial charge in [0.2, 0.25) is 0 Å². The zero-order valence-corrected chi connectivity index (χ0v) is 14.4. The Morgan fingerprint density at radius 1 is 1.30 bits per heavy atom. The van der Waals surface area contributed by atoms with Gasteiger partial charge in [0.25, 0.3) is 0 Å². The number of benzene rings is 1. The van der Waals surface area contributed by atoms with E-state index in [1.54, 1.807) is 6.20 Å². The zero-order chi connectivity index (χ0) is 13.7. The summed E-state index contributed by atoms with van der Waals surface area (Å²) in [6, 6.07) is 6.02. The minimum Gasteiger partial charge on any atom is -0.358 e. The Bertz CT molecular complexity index is 660. The van der Waals surface area contributed by atoms with Gasteiger partial charge in [-0.05, 0) is 0 Å². The van der Waals surface area contributed by atoms with Crippen molar-refractivity contribution in [1.29, 1.82) is 0 Å². The van der Waals surface area contributed by atoms with Crippen LogP contribution < -0.4 is 5.32 Å². The van der Waals surface area contributed by atoms with Gasteiger partial charge in [0.05, 0.1) is 0 Å². The summed E-state index contributed by atoms with van der Waals surface area (Å²) < 4.78 is 2.06. The zero-order valence-electron chi connectivity index (χ0n) is 11.9. The monoisotopic (exact) mass is 444 g/mol. The molecule has 3 nitrogen and oxygen atoms in total. The second-order valence-electron chi connectivity index (χ2n) is 4.09. The first-order valence-electron chi connectivity index (χ1n) is 5.98. The van der Waals surface area contributed by atoms with Crippen molar-refractivity contribution in [1.82, 2.24) is 9.97 Å². The van der Waals surface area contributed by atoms with Crippen LogP contribution in [-0.4, -0.2) is 14.5 Å². The molecular formula is C16H18N3Os-. The molecule has 0 amide bonds. The molecule has 0 aliphatic carbocycles. The van der Waals surface area contributed by atoms with E-state index in [0.29, 0.717) is 0 Å². The fraction of sp³-hybridized carbons (Fsp3) is 0.125. The van der Waals surface area contributed by atoms with Crippen molar-refractivity contribution in [2.75, 3.05) is 5.32 Å². The second kappa shape index (κ2) is 7.82. The van der Waals surface area contributed by atoms with Crippen molar-refractivity contribution < 1.29 is 18.1 Å². The fourth-order valence-corrected chi connectivity index (χ4v) is 2.08. The van der Waals surface area contributed by atoms with Gasteiger partial charge in [0.1, 0.15) is 0 Å². The van der Waals surface area contributed by atoms with Gasteiger partial charge >= 0.3 is 123 Å². The van der Waals surface area contributed by atoms with Gasteiger partial charge in [-0.2, -0.15) is 0 Å². The van der Waals surface area contributed by atoms with E-state index in [1.807, 2.05) is 68.4 Å². The van der Waals surface area contributed by atoms with Crippen molar-refractivity contribution in [2.45, 2.75) is 13.8 Å². The SMILES string of the molecule is C/C=C\C=C(/[CH]=[Os])Nc1ccc2ncc(C)nc2c1.[CH3-]. The van der Waals surface area contributed by atoms with Crippen molar-refractivity contribution in [3.63, 3.8) is 0 Å². The first-order valence-corrected chi connectivity index (χ1v) is 7.45. The first kappa shape index (κ1) is 16.4. The third-order valence-corrected chi connectivity index (χ3v) is 3.32. The molecular weight excluding hydrogens is 424 g/mol. The summed E-state index contributed by atoms with van der Waals surface area (Å²) in [5, 5.41) is 3.37. The van der Waals surface area contributed by atoms with Crippen molar-refractivity contribution in [3.05, 3.63) is 61.4 Å². The number of anilines is 1. The average Bonchev–Trinajstić information content (AvgIpc) is 2.43. The van der Waals surface area contributed by atoms with E-state index < -0.39 is 0 Å². The Morgan fingerprint density at radius 2 is 2.10 bits per heavy atom. The van der Waals surface area contributed by atoms with E-state index >= 15 is 0 Å². The number of aryl methyl sites for hydroxylation is 1. The number of aromatic nitrogens is 2. The predicted octanol–water partition coefficient (Wildman–Crippen LogP) is 3.61. The van der Waals surface area contributed by atoms with E-state index in [2.05, 4.69) is 19.9 Å². The summed E-state index contributed by atoms with van der Waals surface area (Å²) >= 11 is 1.81. The topological polar surface area (TPSA) is 37.8 Å². The maximum atomic E-state index is 4.49. The van der Waals surface area contributed by atoms with Gasteiger partial charge in [-0.25, -0.2) is 0 Å². The number of hydrogen-bond donors (Lipinski definition) is 1. The van der Waals surface area contributed by atoms with Crippen LogP contribution in [0.25, 0.3) is 11.0 Å². The van der Waals surface area contributed by atoms with Gasteiger partial charge in [0, 0.05) is 0 Å². The number of allylic oxidation sites excluding steroid dienone is 4. The minimum atomic E-state index is 0. The maximum Gasteiger partial charge on any atom is -0.358 e. The van der Waals surface area contributed by atoms with Crippen LogP contribution in [0.1, 0.15) is 12.6 Å². The predicted molar refractivity (Wildman–Crippen MR) is 83.3 cm³/mol. The average molecular weight is 443 g/mol. The minimum absolute atomic E-state index is 0. The van der Waals surface area contributed by atoms with Crippen LogP contribution in [-0.2, 0) is 18.1 Å². The molecule has 1 aromatic carbocycles. The molecule has 2 rings (SSSR count). The molecule has 0 aliphatic rings. The van der Waals surface area contributed by atoms with Crippen LogP contribution >= 0.6 is 0 Å². The van der Waals surface area contributed by atoms with Crippen LogP contribution in [0.2, 0.25) is 0 Å². The van der Waals surface area contributed by atoms with Gasteiger partial charge in [-0.1, -0.05) is 0 Å². The van der Waals surface area contributed by atoms with Gasteiger partial charge in [-0.3, -0.25) is 0 Å². The summed E-state index contributed by atoms with van der Waals surface area (Å²) in [5.41, 5.74) is 4.84. The molecule has 0 fully saturated rings. The molecule has 0 bridgehead atoms. The van der Waals surface area contributed by atoms with Crippen molar-refractivity contribution in [3.8, 4) is 0 Å². The maximum absolute atomic E-state index is 4.49. The van der Waals surface area contributed by atoms with E-state index in [1.165, 1.54) is 0 Å². The number of rotatable bonds is 4. The van der Waals surface area contributed by atoms with Crippen LogP contribution in [0.3, 0.4) is 0 Å². The molecule has 0 atom stereocenters. The Kier molecular flexibility index (Phi) is 6.41. The number of nitrogens with one attached hydrogen (secondary N) is 1. The molecule has 106 valence electrons. The molecule has 0 saturated carbocycles. The molecule has 1 N–H and O–H groups in total. The van der Waals surface area contributed by atoms with Gasteiger partial charge < -0.3 is 7.43 Å². The number of fused-ring (bicyclic) bond motifs is 1. The molecule has 20 heavy (non-hydrogen) atoms. The summed E-state index contributed by atoms with van der Waals surface area (Å²) in [4.78, 5) is 8.84. The van der Waals surface area contributed by atoms with Crippen molar-refractivity contribution in [2.24, 2.45) is 0 Å². The van der Waals surface area contributed by atoms with E-state index in [-0.39, 0.29) is 7.43 Å². The summed E-state index contributed by atoms with van der Waals surface area (Å²) in [6.45, 7) is 3.95. The second-order valence-corrected chi connectivity index (χ2v) is 4.82. The Morgan fingerprint density at radius 3 is 2.80 bits per heavy atom. The first-order chi connectivity index (χ1) is 9.22. The molecule has 0 unspecified atom stereocenters. The van der Waals surface area contributed by atoms with Crippen LogP contribution in [0.5, 0.6) is 0 Å². The molecule has 0 saturated heterocycles. The molecule has 0 spiro atoms. The normalized spacial score (nSPS) is 11.4. The third-order valence-electron chi connectivity index (χ3n) is 2.53. The van der Waals surface area contributed by atoms with Gasteiger partial charge in [0.15, 0.2) is 0 Å². The number of nitrogens with zero attached hydrogens (tertiary/aromatic N) is 2. The van der Waals surface area contributed by atoms with Crippen LogP contribution in [0, 0.1) is 14.4 Å². The number of hydrogen-bond acceptors (Lipinski definition) is 3. The Balaban J connectivity index is 0.00000200. The van der Waals surface area contributed by atoms with E-state index in [9.17, 15) is 0 Å². The fourth-order valence-electron chi connectivity index (χ4n) is 1.65.